The van der Waals surface area contributed by atoms with Crippen molar-refractivity contribution in [1.29, 1.82) is 5.26 Å². The molecule has 1 heterocycles. The van der Waals surface area contributed by atoms with Crippen LogP contribution in [-0.4, -0.2) is 14.8 Å². The minimum absolute atomic E-state index is 0.419. The summed E-state index contributed by atoms with van der Waals surface area (Å²) in [7, 11) is 1.86. The van der Waals surface area contributed by atoms with Gasteiger partial charge in [-0.25, -0.2) is 0 Å². The number of rotatable bonds is 6. The zero-order valence-corrected chi connectivity index (χ0v) is 16.6. The second-order valence-corrected chi connectivity index (χ2v) is 6.75. The van der Waals surface area contributed by atoms with E-state index >= 15 is 0 Å². The topological polar surface area (TPSA) is 63.7 Å². The third-order valence-corrected chi connectivity index (χ3v) is 4.72. The first kappa shape index (κ1) is 19.2. The molecule has 0 aliphatic heterocycles. The SMILES string of the molecule is Cn1c(/C(C#N)=C/c2ccccc2OCc2ccccc2)nnc1-c1ccccc1. The van der Waals surface area contributed by atoms with Crippen LogP contribution in [0.3, 0.4) is 0 Å². The van der Waals surface area contributed by atoms with E-state index in [4.69, 9.17) is 4.74 Å². The van der Waals surface area contributed by atoms with Gasteiger partial charge in [0, 0.05) is 18.2 Å². The highest BCUT2D eigenvalue weighted by molar-refractivity contribution is 5.88. The van der Waals surface area contributed by atoms with Crippen LogP contribution in [0.4, 0.5) is 0 Å². The highest BCUT2D eigenvalue weighted by Crippen LogP contribution is 2.26. The first-order chi connectivity index (χ1) is 14.8. The average Bonchev–Trinajstić information content (AvgIpc) is 3.19. The Hall–Kier alpha value is -4.17. The van der Waals surface area contributed by atoms with Crippen LogP contribution < -0.4 is 4.74 Å². The molecule has 0 atom stereocenters. The van der Waals surface area contributed by atoms with Crippen LogP contribution in [0.25, 0.3) is 23.0 Å². The van der Waals surface area contributed by atoms with Gasteiger partial charge in [-0.15, -0.1) is 10.2 Å². The van der Waals surface area contributed by atoms with E-state index in [9.17, 15) is 5.26 Å². The van der Waals surface area contributed by atoms with Crippen molar-refractivity contribution in [1.82, 2.24) is 14.8 Å². The number of hydrogen-bond acceptors (Lipinski definition) is 4. The third-order valence-electron chi connectivity index (χ3n) is 4.72. The zero-order chi connectivity index (χ0) is 20.8. The lowest BCUT2D eigenvalue weighted by Gasteiger charge is -2.10. The molecule has 0 aliphatic rings. The van der Waals surface area contributed by atoms with Gasteiger partial charge in [0.25, 0.3) is 0 Å². The fourth-order valence-corrected chi connectivity index (χ4v) is 3.17. The maximum absolute atomic E-state index is 9.80. The van der Waals surface area contributed by atoms with Crippen LogP contribution in [0.1, 0.15) is 17.0 Å². The molecule has 5 nitrogen and oxygen atoms in total. The van der Waals surface area contributed by atoms with E-state index in [1.54, 1.807) is 6.08 Å². The first-order valence-electron chi connectivity index (χ1n) is 9.59. The molecule has 146 valence electrons. The maximum Gasteiger partial charge on any atom is 0.174 e. The number of benzene rings is 3. The minimum Gasteiger partial charge on any atom is -0.488 e. The lowest BCUT2D eigenvalue weighted by Crippen LogP contribution is -1.99. The van der Waals surface area contributed by atoms with E-state index in [1.807, 2.05) is 96.5 Å². The van der Waals surface area contributed by atoms with Crippen molar-refractivity contribution in [3.05, 3.63) is 102 Å². The second kappa shape index (κ2) is 8.89. The fraction of sp³-hybridized carbons (Fsp3) is 0.0800. The van der Waals surface area contributed by atoms with E-state index in [1.165, 1.54) is 0 Å². The highest BCUT2D eigenvalue weighted by atomic mass is 16.5. The van der Waals surface area contributed by atoms with Gasteiger partial charge < -0.3 is 9.30 Å². The average molecular weight is 392 g/mol. The molecule has 0 saturated heterocycles. The molecular weight excluding hydrogens is 372 g/mol. The quantitative estimate of drug-likeness (QED) is 0.427. The van der Waals surface area contributed by atoms with E-state index in [0.29, 0.717) is 29.6 Å². The standard InChI is InChI=1S/C25H20N4O/c1-29-24(20-12-6-3-7-13-20)27-28-25(29)22(17-26)16-21-14-8-9-15-23(21)30-18-19-10-4-2-5-11-19/h2-16H,18H2,1H3/b22-16+. The summed E-state index contributed by atoms with van der Waals surface area (Å²) in [5.74, 6) is 1.93. The Balaban J connectivity index is 1.64. The molecule has 0 saturated carbocycles. The molecule has 0 spiro atoms. The van der Waals surface area contributed by atoms with Gasteiger partial charge in [-0.1, -0.05) is 78.9 Å². The van der Waals surface area contributed by atoms with Gasteiger partial charge in [0.1, 0.15) is 18.4 Å². The summed E-state index contributed by atoms with van der Waals surface area (Å²) in [5, 5.41) is 18.4. The number of allylic oxidation sites excluding steroid dienone is 1. The van der Waals surface area contributed by atoms with Gasteiger partial charge in [0.05, 0.1) is 5.57 Å². The molecule has 30 heavy (non-hydrogen) atoms. The minimum atomic E-state index is 0.419. The summed E-state index contributed by atoms with van der Waals surface area (Å²) in [5.41, 5.74) is 3.26. The molecule has 0 amide bonds. The smallest absolute Gasteiger partial charge is 0.174 e. The Labute approximate surface area is 175 Å². The number of para-hydroxylation sites is 1. The van der Waals surface area contributed by atoms with Gasteiger partial charge in [-0.2, -0.15) is 5.26 Å². The molecule has 5 heteroatoms. The summed E-state index contributed by atoms with van der Waals surface area (Å²) in [6, 6.07) is 29.7. The predicted octanol–water partition coefficient (Wildman–Crippen LogP) is 5.13. The van der Waals surface area contributed by atoms with Crippen molar-refractivity contribution >= 4 is 11.6 Å². The monoisotopic (exact) mass is 392 g/mol. The predicted molar refractivity (Wildman–Crippen MR) is 117 cm³/mol. The van der Waals surface area contributed by atoms with Crippen LogP contribution in [0, 0.1) is 11.3 Å². The molecule has 0 fully saturated rings. The van der Waals surface area contributed by atoms with E-state index in [2.05, 4.69) is 16.3 Å². The second-order valence-electron chi connectivity index (χ2n) is 6.75. The van der Waals surface area contributed by atoms with Crippen molar-refractivity contribution in [3.8, 4) is 23.2 Å². The van der Waals surface area contributed by atoms with E-state index < -0.39 is 0 Å². The molecular formula is C25H20N4O. The molecule has 4 aromatic rings. The Kier molecular flexibility index (Phi) is 5.68. The van der Waals surface area contributed by atoms with Crippen molar-refractivity contribution in [3.63, 3.8) is 0 Å². The molecule has 1 aromatic heterocycles. The van der Waals surface area contributed by atoms with Crippen molar-refractivity contribution in [2.45, 2.75) is 6.61 Å². The maximum atomic E-state index is 9.80. The van der Waals surface area contributed by atoms with Crippen LogP contribution in [-0.2, 0) is 13.7 Å². The number of nitrogens with zero attached hydrogens (tertiary/aromatic N) is 4. The summed E-state index contributed by atoms with van der Waals surface area (Å²) < 4.78 is 7.84. The van der Waals surface area contributed by atoms with Crippen molar-refractivity contribution < 1.29 is 4.74 Å². The fourth-order valence-electron chi connectivity index (χ4n) is 3.17. The lowest BCUT2D eigenvalue weighted by molar-refractivity contribution is 0.305. The van der Waals surface area contributed by atoms with Gasteiger partial charge in [0.2, 0.25) is 0 Å². The Bertz CT molecular complexity index is 1200. The number of aromatic nitrogens is 3. The molecule has 0 unspecified atom stereocenters. The van der Waals surface area contributed by atoms with Crippen LogP contribution >= 0.6 is 0 Å². The van der Waals surface area contributed by atoms with Crippen LogP contribution in [0.5, 0.6) is 5.75 Å². The normalized spacial score (nSPS) is 11.1. The molecule has 3 aromatic carbocycles. The third kappa shape index (κ3) is 4.13. The highest BCUT2D eigenvalue weighted by Gasteiger charge is 2.15. The van der Waals surface area contributed by atoms with E-state index in [-0.39, 0.29) is 0 Å². The number of ether oxygens (including phenoxy) is 1. The Morgan fingerprint density at radius 2 is 1.60 bits per heavy atom. The number of hydrogen-bond donors (Lipinski definition) is 0. The zero-order valence-electron chi connectivity index (χ0n) is 16.6. The number of nitriles is 1. The summed E-state index contributed by atoms with van der Waals surface area (Å²) in [6.45, 7) is 0.454. The largest absolute Gasteiger partial charge is 0.488 e. The Morgan fingerprint density at radius 3 is 2.33 bits per heavy atom. The lowest BCUT2D eigenvalue weighted by atomic mass is 10.1. The molecule has 0 aliphatic carbocycles. The van der Waals surface area contributed by atoms with Crippen molar-refractivity contribution in [2.24, 2.45) is 7.05 Å². The summed E-state index contributed by atoms with van der Waals surface area (Å²) in [4.78, 5) is 0. The molecule has 0 bridgehead atoms. The van der Waals surface area contributed by atoms with Crippen LogP contribution in [0.2, 0.25) is 0 Å². The summed E-state index contributed by atoms with van der Waals surface area (Å²) in [6.07, 6.45) is 1.79. The summed E-state index contributed by atoms with van der Waals surface area (Å²) >= 11 is 0. The van der Waals surface area contributed by atoms with E-state index in [0.717, 1.165) is 16.7 Å². The van der Waals surface area contributed by atoms with Gasteiger partial charge >= 0.3 is 0 Å². The van der Waals surface area contributed by atoms with Gasteiger partial charge in [-0.3, -0.25) is 0 Å². The van der Waals surface area contributed by atoms with Gasteiger partial charge in [-0.05, 0) is 17.7 Å². The van der Waals surface area contributed by atoms with Gasteiger partial charge in [0.15, 0.2) is 11.6 Å². The molecule has 0 radical (unpaired) electrons. The molecule has 4 rings (SSSR count). The first-order valence-corrected chi connectivity index (χ1v) is 9.59. The Morgan fingerprint density at radius 1 is 0.933 bits per heavy atom. The van der Waals surface area contributed by atoms with Crippen LogP contribution in [0.15, 0.2) is 84.9 Å². The molecule has 0 N–H and O–H groups in total. The van der Waals surface area contributed by atoms with Crippen molar-refractivity contribution in [2.75, 3.05) is 0 Å².